The number of alkyl carbamates (subject to hydrolysis) is 1. The number of carboxylic acid groups (broad SMARTS) is 1. The van der Waals surface area contributed by atoms with Crippen molar-refractivity contribution in [3.8, 4) is 11.1 Å². The number of hydrogen-bond donors (Lipinski definition) is 2. The molecule has 4 rings (SSSR count). The van der Waals surface area contributed by atoms with E-state index in [1.807, 2.05) is 31.2 Å². The lowest BCUT2D eigenvalue weighted by molar-refractivity contribution is -0.146. The molecule has 2 N–H and O–H groups in total. The number of nitrogens with zero attached hydrogens (tertiary/aromatic N) is 1. The molecule has 8 nitrogen and oxygen atoms in total. The van der Waals surface area contributed by atoms with E-state index in [1.54, 1.807) is 4.90 Å². The van der Waals surface area contributed by atoms with Gasteiger partial charge in [-0.2, -0.15) is 0 Å². The molecule has 0 aromatic heterocycles. The summed E-state index contributed by atoms with van der Waals surface area (Å²) in [4.78, 5) is 38.1. The van der Waals surface area contributed by atoms with E-state index in [9.17, 15) is 14.4 Å². The zero-order chi connectivity index (χ0) is 24.8. The largest absolute Gasteiger partial charge is 0.481 e. The van der Waals surface area contributed by atoms with Crippen LogP contribution in [0.25, 0.3) is 11.1 Å². The number of hydrogen-bond acceptors (Lipinski definition) is 5. The predicted molar refractivity (Wildman–Crippen MR) is 130 cm³/mol. The second-order valence-corrected chi connectivity index (χ2v) is 9.10. The van der Waals surface area contributed by atoms with Gasteiger partial charge in [-0.25, -0.2) is 4.79 Å². The highest BCUT2D eigenvalue weighted by molar-refractivity contribution is 5.79. The maximum absolute atomic E-state index is 12.9. The van der Waals surface area contributed by atoms with Crippen molar-refractivity contribution in [1.82, 2.24) is 10.2 Å². The summed E-state index contributed by atoms with van der Waals surface area (Å²) in [6, 6.07) is 15.9. The zero-order valence-corrected chi connectivity index (χ0v) is 19.9. The average Bonchev–Trinajstić information content (AvgIpc) is 3.18. The molecular formula is C27H32N2O6. The first-order valence-electron chi connectivity index (χ1n) is 12.2. The number of fused-ring (bicyclic) bond motifs is 3. The summed E-state index contributed by atoms with van der Waals surface area (Å²) < 4.78 is 10.9. The van der Waals surface area contributed by atoms with Gasteiger partial charge in [-0.1, -0.05) is 61.9 Å². The van der Waals surface area contributed by atoms with Crippen LogP contribution in [0.5, 0.6) is 0 Å². The molecule has 2 unspecified atom stereocenters. The Hall–Kier alpha value is -3.39. The minimum Gasteiger partial charge on any atom is -0.481 e. The van der Waals surface area contributed by atoms with Gasteiger partial charge in [0.2, 0.25) is 5.91 Å². The summed E-state index contributed by atoms with van der Waals surface area (Å²) in [5, 5.41) is 11.9. The first kappa shape index (κ1) is 24.7. The van der Waals surface area contributed by atoms with Gasteiger partial charge in [0.15, 0.2) is 0 Å². The van der Waals surface area contributed by atoms with Gasteiger partial charge in [0.05, 0.1) is 25.7 Å². The van der Waals surface area contributed by atoms with Crippen molar-refractivity contribution in [2.24, 2.45) is 5.92 Å². The van der Waals surface area contributed by atoms with Crippen LogP contribution in [0.15, 0.2) is 48.5 Å². The van der Waals surface area contributed by atoms with Gasteiger partial charge >= 0.3 is 12.1 Å². The molecule has 2 atom stereocenters. The Balaban J connectivity index is 1.29. The SMILES string of the molecule is CCC(CNC(=O)OCC1c2ccccc2-c2ccccc21)CC(=O)N1CCOCC1CC(=O)O. The summed E-state index contributed by atoms with van der Waals surface area (Å²) in [5.41, 5.74) is 4.65. The number of amides is 2. The molecule has 2 aromatic rings. The molecule has 0 bridgehead atoms. The summed E-state index contributed by atoms with van der Waals surface area (Å²) in [6.07, 6.45) is 0.285. The van der Waals surface area contributed by atoms with Crippen molar-refractivity contribution in [2.75, 3.05) is 32.9 Å². The molecular weight excluding hydrogens is 448 g/mol. The summed E-state index contributed by atoms with van der Waals surface area (Å²) in [7, 11) is 0. The molecule has 35 heavy (non-hydrogen) atoms. The predicted octanol–water partition coefficient (Wildman–Crippen LogP) is 3.64. The van der Waals surface area contributed by atoms with E-state index in [0.717, 1.165) is 11.1 Å². The van der Waals surface area contributed by atoms with Gasteiger partial charge in [0, 0.05) is 25.4 Å². The second kappa shape index (κ2) is 11.4. The van der Waals surface area contributed by atoms with Crippen molar-refractivity contribution >= 4 is 18.0 Å². The molecule has 1 aliphatic carbocycles. The van der Waals surface area contributed by atoms with Crippen LogP contribution in [-0.4, -0.2) is 66.9 Å². The number of benzene rings is 2. The third-order valence-electron chi connectivity index (χ3n) is 6.88. The lowest BCUT2D eigenvalue weighted by Crippen LogP contribution is -2.50. The number of carbonyl (C=O) groups excluding carboxylic acids is 2. The number of aliphatic carboxylic acids is 1. The van der Waals surface area contributed by atoms with E-state index >= 15 is 0 Å². The van der Waals surface area contributed by atoms with Crippen LogP contribution in [-0.2, 0) is 19.1 Å². The zero-order valence-electron chi connectivity index (χ0n) is 19.9. The smallest absolute Gasteiger partial charge is 0.407 e. The first-order valence-corrected chi connectivity index (χ1v) is 12.2. The molecule has 186 valence electrons. The third kappa shape index (κ3) is 5.82. The Morgan fingerprint density at radius 1 is 1.11 bits per heavy atom. The van der Waals surface area contributed by atoms with Crippen LogP contribution < -0.4 is 5.32 Å². The highest BCUT2D eigenvalue weighted by Crippen LogP contribution is 2.44. The summed E-state index contributed by atoms with van der Waals surface area (Å²) in [6.45, 7) is 3.52. The van der Waals surface area contributed by atoms with E-state index in [-0.39, 0.29) is 43.8 Å². The van der Waals surface area contributed by atoms with Gasteiger partial charge in [-0.15, -0.1) is 0 Å². The first-order chi connectivity index (χ1) is 17.0. The fourth-order valence-corrected chi connectivity index (χ4v) is 4.96. The van der Waals surface area contributed by atoms with Gasteiger partial charge in [0.1, 0.15) is 6.61 Å². The molecule has 2 aromatic carbocycles. The second-order valence-electron chi connectivity index (χ2n) is 9.10. The molecule has 0 radical (unpaired) electrons. The van der Waals surface area contributed by atoms with E-state index in [1.165, 1.54) is 11.1 Å². The van der Waals surface area contributed by atoms with Crippen LogP contribution in [0, 0.1) is 5.92 Å². The Kier molecular flexibility index (Phi) is 8.02. The number of carboxylic acids is 1. The molecule has 2 amide bonds. The third-order valence-corrected chi connectivity index (χ3v) is 6.88. The van der Waals surface area contributed by atoms with Gasteiger partial charge < -0.3 is 24.8 Å². The van der Waals surface area contributed by atoms with Crippen molar-refractivity contribution in [3.05, 3.63) is 59.7 Å². The Morgan fingerprint density at radius 2 is 1.77 bits per heavy atom. The number of nitrogens with one attached hydrogen (secondary N) is 1. The maximum Gasteiger partial charge on any atom is 0.407 e. The van der Waals surface area contributed by atoms with Crippen LogP contribution in [0.2, 0.25) is 0 Å². The van der Waals surface area contributed by atoms with Gasteiger partial charge in [-0.05, 0) is 28.2 Å². The van der Waals surface area contributed by atoms with Crippen molar-refractivity contribution < 1.29 is 29.0 Å². The lowest BCUT2D eigenvalue weighted by atomic mass is 9.98. The van der Waals surface area contributed by atoms with Crippen molar-refractivity contribution in [2.45, 2.75) is 38.1 Å². The maximum atomic E-state index is 12.9. The van der Waals surface area contributed by atoms with Gasteiger partial charge in [-0.3, -0.25) is 9.59 Å². The molecule has 0 spiro atoms. The van der Waals surface area contributed by atoms with E-state index in [0.29, 0.717) is 26.1 Å². The standard InChI is InChI=1S/C27H32N2O6/c1-2-18(13-25(30)29-11-12-34-16-19(29)14-26(31)32)15-28-27(33)35-17-24-22-9-5-3-7-20(22)21-8-4-6-10-23(21)24/h3-10,18-19,24H,2,11-17H2,1H3,(H,28,33)(H,31,32). The topological polar surface area (TPSA) is 105 Å². The number of ether oxygens (including phenoxy) is 2. The fraction of sp³-hybridized carbons (Fsp3) is 0.444. The number of morpholine rings is 1. The van der Waals surface area contributed by atoms with Crippen molar-refractivity contribution in [1.29, 1.82) is 0 Å². The van der Waals surface area contributed by atoms with Crippen LogP contribution >= 0.6 is 0 Å². The number of rotatable bonds is 9. The van der Waals surface area contributed by atoms with Crippen LogP contribution in [0.3, 0.4) is 0 Å². The van der Waals surface area contributed by atoms with E-state index in [2.05, 4.69) is 29.6 Å². The summed E-state index contributed by atoms with van der Waals surface area (Å²) >= 11 is 0. The van der Waals surface area contributed by atoms with E-state index < -0.39 is 18.1 Å². The van der Waals surface area contributed by atoms with Crippen LogP contribution in [0.1, 0.15) is 43.2 Å². The molecule has 1 aliphatic heterocycles. The monoisotopic (exact) mass is 480 g/mol. The molecule has 1 saturated heterocycles. The lowest BCUT2D eigenvalue weighted by Gasteiger charge is -2.35. The molecule has 0 saturated carbocycles. The number of carbonyl (C=O) groups is 3. The highest BCUT2D eigenvalue weighted by Gasteiger charge is 2.31. The molecule has 1 heterocycles. The highest BCUT2D eigenvalue weighted by atomic mass is 16.5. The minimum absolute atomic E-state index is 0.0100. The Bertz CT molecular complexity index is 1030. The Morgan fingerprint density at radius 3 is 2.40 bits per heavy atom. The molecule has 1 fully saturated rings. The summed E-state index contributed by atoms with van der Waals surface area (Å²) in [5.74, 6) is -1.15. The Labute approximate surface area is 205 Å². The minimum atomic E-state index is -0.956. The quantitative estimate of drug-likeness (QED) is 0.568. The average molecular weight is 481 g/mol. The fourth-order valence-electron chi connectivity index (χ4n) is 4.96. The van der Waals surface area contributed by atoms with Crippen LogP contribution in [0.4, 0.5) is 4.79 Å². The molecule has 2 aliphatic rings. The molecule has 8 heteroatoms. The van der Waals surface area contributed by atoms with E-state index in [4.69, 9.17) is 14.6 Å². The van der Waals surface area contributed by atoms with Gasteiger partial charge in [0.25, 0.3) is 0 Å². The normalized spacial score (nSPS) is 17.9. The van der Waals surface area contributed by atoms with Crippen molar-refractivity contribution in [3.63, 3.8) is 0 Å².